The zero-order valence-corrected chi connectivity index (χ0v) is 19.0. The van der Waals surface area contributed by atoms with Gasteiger partial charge in [-0.15, -0.1) is 0 Å². The first-order valence-electron chi connectivity index (χ1n) is 11.7. The van der Waals surface area contributed by atoms with Crippen LogP contribution in [0.3, 0.4) is 0 Å². The first-order chi connectivity index (χ1) is 15.5. The average Bonchev–Trinajstić information content (AvgIpc) is 3.50. The van der Waals surface area contributed by atoms with Crippen molar-refractivity contribution in [2.45, 2.75) is 36.8 Å². The van der Waals surface area contributed by atoms with Crippen LogP contribution in [0.25, 0.3) is 10.9 Å². The van der Waals surface area contributed by atoms with Crippen LogP contribution in [0.4, 0.5) is 0 Å². The molecule has 0 radical (unpaired) electrons. The van der Waals surface area contributed by atoms with E-state index in [9.17, 15) is 4.79 Å². The number of carbonyl (C=O) groups is 1. The Morgan fingerprint density at radius 2 is 1.84 bits per heavy atom. The van der Waals surface area contributed by atoms with E-state index in [0.717, 1.165) is 54.6 Å². The van der Waals surface area contributed by atoms with E-state index >= 15 is 0 Å². The van der Waals surface area contributed by atoms with Crippen molar-refractivity contribution >= 4 is 16.8 Å². The molecular weight excluding hydrogens is 396 g/mol. The number of para-hydroxylation sites is 1. The van der Waals surface area contributed by atoms with Crippen LogP contribution in [-0.4, -0.2) is 60.5 Å². The summed E-state index contributed by atoms with van der Waals surface area (Å²) in [5.41, 5.74) is 2.52. The first-order valence-corrected chi connectivity index (χ1v) is 11.7. The highest BCUT2D eigenvalue weighted by molar-refractivity contribution is 5.92. The van der Waals surface area contributed by atoms with Crippen molar-refractivity contribution in [3.05, 3.63) is 78.0 Å². The molecule has 1 aromatic heterocycles. The van der Waals surface area contributed by atoms with E-state index in [1.165, 1.54) is 6.42 Å². The highest BCUT2D eigenvalue weighted by Crippen LogP contribution is 2.48. The Morgan fingerprint density at radius 3 is 2.56 bits per heavy atom. The van der Waals surface area contributed by atoms with Gasteiger partial charge in [-0.2, -0.15) is 0 Å². The number of nitrogens with zero attached hydrogens (tertiary/aromatic N) is 3. The van der Waals surface area contributed by atoms with Gasteiger partial charge in [0, 0.05) is 24.5 Å². The molecular formula is C27H32N4O. The molecule has 5 rings (SSSR count). The minimum atomic E-state index is -0.492. The fourth-order valence-electron chi connectivity index (χ4n) is 4.93. The fourth-order valence-corrected chi connectivity index (χ4v) is 4.93. The molecule has 1 aliphatic carbocycles. The lowest BCUT2D eigenvalue weighted by molar-refractivity contribution is -0.124. The summed E-state index contributed by atoms with van der Waals surface area (Å²) in [5, 5.41) is 4.53. The van der Waals surface area contributed by atoms with Crippen LogP contribution in [0.5, 0.6) is 0 Å². The third-order valence-corrected chi connectivity index (χ3v) is 7.20. The van der Waals surface area contributed by atoms with E-state index in [0.29, 0.717) is 6.04 Å². The van der Waals surface area contributed by atoms with Crippen molar-refractivity contribution in [1.29, 1.82) is 0 Å². The SMILES string of the molecule is CN(C)C1CCN(CC(NC(=O)C2(c3ccc4ccccc4n3)CC2)c2ccccc2)C1. The monoisotopic (exact) mass is 428 g/mol. The largest absolute Gasteiger partial charge is 0.347 e. The van der Waals surface area contributed by atoms with Gasteiger partial charge in [0.1, 0.15) is 0 Å². The topological polar surface area (TPSA) is 48.5 Å². The summed E-state index contributed by atoms with van der Waals surface area (Å²) in [4.78, 5) is 23.3. The van der Waals surface area contributed by atoms with Gasteiger partial charge in [-0.3, -0.25) is 14.7 Å². The predicted octanol–water partition coefficient (Wildman–Crippen LogP) is 3.76. The quantitative estimate of drug-likeness (QED) is 0.623. The van der Waals surface area contributed by atoms with E-state index in [4.69, 9.17) is 4.98 Å². The standard InChI is InChI=1S/C27H32N4O/c1-30(2)22-14-17-31(18-22)19-24(20-8-4-3-5-9-20)29-26(32)27(15-16-27)25-13-12-21-10-6-7-11-23(21)28-25/h3-13,22,24H,14-19H2,1-2H3,(H,29,32). The third kappa shape index (κ3) is 4.15. The van der Waals surface area contributed by atoms with Gasteiger partial charge in [0.05, 0.1) is 22.7 Å². The van der Waals surface area contributed by atoms with E-state index in [1.807, 2.05) is 30.3 Å². The van der Waals surface area contributed by atoms with Crippen molar-refractivity contribution in [3.8, 4) is 0 Å². The summed E-state index contributed by atoms with van der Waals surface area (Å²) < 4.78 is 0. The molecule has 1 aliphatic heterocycles. The minimum absolute atomic E-state index is 0.0254. The zero-order chi connectivity index (χ0) is 22.1. The minimum Gasteiger partial charge on any atom is -0.347 e. The Kier molecular flexibility index (Phi) is 5.70. The first kappa shape index (κ1) is 21.1. The second kappa shape index (κ2) is 8.64. The summed E-state index contributed by atoms with van der Waals surface area (Å²) in [6.07, 6.45) is 2.89. The molecule has 2 atom stereocenters. The highest BCUT2D eigenvalue weighted by Gasteiger charge is 2.53. The average molecular weight is 429 g/mol. The molecule has 0 spiro atoms. The Hall–Kier alpha value is -2.76. The number of benzene rings is 2. The van der Waals surface area contributed by atoms with Gasteiger partial charge in [0.25, 0.3) is 0 Å². The fraction of sp³-hybridized carbons (Fsp3) is 0.407. The van der Waals surface area contributed by atoms with Crippen LogP contribution < -0.4 is 5.32 Å². The number of amides is 1. The molecule has 166 valence electrons. The molecule has 0 bridgehead atoms. The number of carbonyl (C=O) groups excluding carboxylic acids is 1. The zero-order valence-electron chi connectivity index (χ0n) is 19.0. The number of likely N-dealkylation sites (tertiary alicyclic amines) is 1. The van der Waals surface area contributed by atoms with E-state index in [1.54, 1.807) is 0 Å². The summed E-state index contributed by atoms with van der Waals surface area (Å²) in [5.74, 6) is 0.109. The molecule has 32 heavy (non-hydrogen) atoms. The van der Waals surface area contributed by atoms with Gasteiger partial charge >= 0.3 is 0 Å². The normalized spacial score (nSPS) is 21.0. The number of fused-ring (bicyclic) bond motifs is 1. The van der Waals surface area contributed by atoms with Crippen molar-refractivity contribution in [2.75, 3.05) is 33.7 Å². The van der Waals surface area contributed by atoms with Crippen LogP contribution in [0.2, 0.25) is 0 Å². The van der Waals surface area contributed by atoms with Crippen molar-refractivity contribution in [3.63, 3.8) is 0 Å². The molecule has 5 heteroatoms. The number of rotatable bonds is 7. The lowest BCUT2D eigenvalue weighted by Crippen LogP contribution is -2.42. The second-order valence-electron chi connectivity index (χ2n) is 9.57. The summed E-state index contributed by atoms with van der Waals surface area (Å²) in [6, 6.07) is 23.2. The van der Waals surface area contributed by atoms with E-state index in [2.05, 4.69) is 65.6 Å². The van der Waals surface area contributed by atoms with Crippen molar-refractivity contribution in [2.24, 2.45) is 0 Å². The maximum absolute atomic E-state index is 13.6. The molecule has 2 aromatic carbocycles. The van der Waals surface area contributed by atoms with Gasteiger partial charge in [0.2, 0.25) is 5.91 Å². The molecule has 5 nitrogen and oxygen atoms in total. The van der Waals surface area contributed by atoms with Crippen LogP contribution >= 0.6 is 0 Å². The maximum Gasteiger partial charge on any atom is 0.232 e. The second-order valence-corrected chi connectivity index (χ2v) is 9.57. The molecule has 2 heterocycles. The number of aromatic nitrogens is 1. The number of hydrogen-bond donors (Lipinski definition) is 1. The van der Waals surface area contributed by atoms with Crippen molar-refractivity contribution < 1.29 is 4.79 Å². The van der Waals surface area contributed by atoms with Gasteiger partial charge in [-0.1, -0.05) is 54.6 Å². The van der Waals surface area contributed by atoms with Gasteiger partial charge < -0.3 is 10.2 Å². The molecule has 2 unspecified atom stereocenters. The van der Waals surface area contributed by atoms with Gasteiger partial charge in [0.15, 0.2) is 0 Å². The number of pyridine rings is 1. The summed E-state index contributed by atoms with van der Waals surface area (Å²) in [7, 11) is 4.30. The number of likely N-dealkylation sites (N-methyl/N-ethyl adjacent to an activating group) is 1. The maximum atomic E-state index is 13.6. The van der Waals surface area contributed by atoms with Crippen LogP contribution in [-0.2, 0) is 10.2 Å². The lowest BCUT2D eigenvalue weighted by Gasteiger charge is -2.28. The number of hydrogen-bond acceptors (Lipinski definition) is 4. The lowest BCUT2D eigenvalue weighted by atomic mass is 9.97. The Bertz CT molecular complexity index is 1090. The Labute approximate surface area is 190 Å². The Balaban J connectivity index is 1.36. The Morgan fingerprint density at radius 1 is 1.09 bits per heavy atom. The van der Waals surface area contributed by atoms with Gasteiger partial charge in [-0.25, -0.2) is 0 Å². The summed E-state index contributed by atoms with van der Waals surface area (Å²) >= 11 is 0. The molecule has 1 N–H and O–H groups in total. The highest BCUT2D eigenvalue weighted by atomic mass is 16.2. The van der Waals surface area contributed by atoms with Crippen LogP contribution in [0.1, 0.15) is 36.6 Å². The smallest absolute Gasteiger partial charge is 0.232 e. The van der Waals surface area contributed by atoms with E-state index < -0.39 is 5.41 Å². The molecule has 2 fully saturated rings. The molecule has 3 aromatic rings. The van der Waals surface area contributed by atoms with Crippen LogP contribution in [0, 0.1) is 0 Å². The van der Waals surface area contributed by atoms with Crippen LogP contribution in [0.15, 0.2) is 66.7 Å². The third-order valence-electron chi connectivity index (χ3n) is 7.20. The molecule has 1 saturated heterocycles. The summed E-state index contributed by atoms with van der Waals surface area (Å²) in [6.45, 7) is 2.95. The van der Waals surface area contributed by atoms with E-state index in [-0.39, 0.29) is 11.9 Å². The molecule has 2 aliphatic rings. The number of nitrogens with one attached hydrogen (secondary N) is 1. The predicted molar refractivity (Wildman–Crippen MR) is 129 cm³/mol. The van der Waals surface area contributed by atoms with Crippen molar-refractivity contribution in [1.82, 2.24) is 20.1 Å². The molecule has 1 saturated carbocycles. The molecule has 1 amide bonds. The van der Waals surface area contributed by atoms with Gasteiger partial charge in [-0.05, 0) is 57.6 Å².